The smallest absolute Gasteiger partial charge is 0.0887 e. The molecule has 0 aliphatic heterocycles. The van der Waals surface area contributed by atoms with Crippen LogP contribution >= 0.6 is 0 Å². The molecule has 0 amide bonds. The lowest BCUT2D eigenvalue weighted by atomic mass is 10.1. The highest BCUT2D eigenvalue weighted by Crippen LogP contribution is 2.23. The van der Waals surface area contributed by atoms with Crippen molar-refractivity contribution in [1.29, 1.82) is 0 Å². The van der Waals surface area contributed by atoms with E-state index < -0.39 is 0 Å². The molecule has 1 aromatic carbocycles. The van der Waals surface area contributed by atoms with Crippen LogP contribution in [-0.2, 0) is 0 Å². The van der Waals surface area contributed by atoms with Crippen molar-refractivity contribution in [1.82, 2.24) is 4.98 Å². The molecule has 1 aromatic heterocycles. The minimum atomic E-state index is 0.826. The predicted molar refractivity (Wildman–Crippen MR) is 134 cm³/mol. The number of hydrogen-bond acceptors (Lipinski definition) is 4. The normalized spacial score (nSPS) is 11.3. The number of nitrogens with zero attached hydrogens (tertiary/aromatic N) is 4. The molecule has 0 aliphatic rings. The molecule has 2 aromatic rings. The first-order valence-electron chi connectivity index (χ1n) is 12.5. The van der Waals surface area contributed by atoms with Crippen molar-refractivity contribution < 1.29 is 0 Å². The van der Waals surface area contributed by atoms with E-state index in [-0.39, 0.29) is 0 Å². The summed E-state index contributed by atoms with van der Waals surface area (Å²) in [5, 5.41) is 8.66. The molecule has 0 fully saturated rings. The maximum Gasteiger partial charge on any atom is 0.0887 e. The first kappa shape index (κ1) is 25.0. The lowest BCUT2D eigenvalue weighted by Crippen LogP contribution is -2.25. The monoisotopic (exact) mass is 422 g/mol. The lowest BCUT2D eigenvalue weighted by Gasteiger charge is -2.25. The Kier molecular flexibility index (Phi) is 13.3. The zero-order chi connectivity index (χ0) is 22.0. The second kappa shape index (κ2) is 16.5. The summed E-state index contributed by atoms with van der Waals surface area (Å²) in [5.74, 6) is 0. The van der Waals surface area contributed by atoms with E-state index in [1.54, 1.807) is 12.4 Å². The highest BCUT2D eigenvalue weighted by molar-refractivity contribution is 5.52. The molecule has 0 aliphatic carbocycles. The first-order valence-corrected chi connectivity index (χ1v) is 12.5. The number of unbranched alkanes of at least 4 members (excludes halogenated alkanes) is 10. The van der Waals surface area contributed by atoms with Gasteiger partial charge in [0.05, 0.1) is 11.4 Å². The van der Waals surface area contributed by atoms with E-state index >= 15 is 0 Å². The van der Waals surface area contributed by atoms with Crippen molar-refractivity contribution in [3.05, 3.63) is 48.8 Å². The SMILES string of the molecule is CCCCCCCCN(CCCCCCCC)c1ccc(/N=N/c2ccncc2)cc1. The van der Waals surface area contributed by atoms with Gasteiger partial charge in [0.15, 0.2) is 0 Å². The number of hydrogen-bond donors (Lipinski definition) is 0. The first-order chi connectivity index (χ1) is 15.3. The Morgan fingerprint density at radius 3 is 1.55 bits per heavy atom. The Morgan fingerprint density at radius 2 is 1.03 bits per heavy atom. The van der Waals surface area contributed by atoms with Gasteiger partial charge in [-0.15, -0.1) is 0 Å². The van der Waals surface area contributed by atoms with Crippen LogP contribution in [0.2, 0.25) is 0 Å². The van der Waals surface area contributed by atoms with Crippen molar-refractivity contribution in [2.45, 2.75) is 90.9 Å². The van der Waals surface area contributed by atoms with Crippen LogP contribution in [0.25, 0.3) is 0 Å². The third-order valence-corrected chi connectivity index (χ3v) is 5.72. The second-order valence-electron chi connectivity index (χ2n) is 8.44. The Morgan fingerprint density at radius 1 is 0.581 bits per heavy atom. The molecule has 0 N–H and O–H groups in total. The minimum absolute atomic E-state index is 0.826. The van der Waals surface area contributed by atoms with E-state index in [2.05, 4.69) is 58.2 Å². The molecular formula is C27H42N4. The summed E-state index contributed by atoms with van der Waals surface area (Å²) in [6.07, 6.45) is 19.6. The standard InChI is InChI=1S/C27H42N4/c1-3-5-7-9-11-13-23-31(24-14-12-10-8-6-4-2)27-17-15-25(16-18-27)29-30-26-19-21-28-22-20-26/h15-22H,3-14,23-24H2,1-2H3/b30-29+. The molecule has 0 unspecified atom stereocenters. The maximum atomic E-state index is 4.36. The molecule has 4 heteroatoms. The van der Waals surface area contributed by atoms with Gasteiger partial charge < -0.3 is 4.90 Å². The van der Waals surface area contributed by atoms with E-state index in [0.29, 0.717) is 0 Å². The number of pyridine rings is 1. The van der Waals surface area contributed by atoms with Gasteiger partial charge in [0.1, 0.15) is 0 Å². The van der Waals surface area contributed by atoms with Gasteiger partial charge in [-0.05, 0) is 49.2 Å². The summed E-state index contributed by atoms with van der Waals surface area (Å²) >= 11 is 0. The average Bonchev–Trinajstić information content (AvgIpc) is 2.82. The Balaban J connectivity index is 1.87. The number of benzene rings is 1. The van der Waals surface area contributed by atoms with Crippen molar-refractivity contribution in [2.24, 2.45) is 10.2 Å². The van der Waals surface area contributed by atoms with Crippen LogP contribution in [0.4, 0.5) is 17.1 Å². The van der Waals surface area contributed by atoms with Crippen molar-refractivity contribution >= 4 is 17.1 Å². The van der Waals surface area contributed by atoms with Crippen LogP contribution in [0.5, 0.6) is 0 Å². The van der Waals surface area contributed by atoms with Crippen LogP contribution < -0.4 is 4.90 Å². The molecule has 0 radical (unpaired) electrons. The van der Waals surface area contributed by atoms with E-state index in [9.17, 15) is 0 Å². The van der Waals surface area contributed by atoms with Gasteiger partial charge in [-0.25, -0.2) is 0 Å². The Hall–Kier alpha value is -2.23. The summed E-state index contributed by atoms with van der Waals surface area (Å²) in [6, 6.07) is 12.3. The van der Waals surface area contributed by atoms with Crippen LogP contribution in [0.1, 0.15) is 90.9 Å². The zero-order valence-corrected chi connectivity index (χ0v) is 19.8. The molecule has 0 bridgehead atoms. The van der Waals surface area contributed by atoms with E-state index in [1.807, 2.05) is 12.1 Å². The zero-order valence-electron chi connectivity index (χ0n) is 19.8. The highest BCUT2D eigenvalue weighted by atomic mass is 15.1. The van der Waals surface area contributed by atoms with E-state index in [1.165, 1.54) is 82.7 Å². The molecule has 0 spiro atoms. The number of aromatic nitrogens is 1. The van der Waals surface area contributed by atoms with Crippen molar-refractivity contribution in [3.8, 4) is 0 Å². The van der Waals surface area contributed by atoms with Crippen LogP contribution in [0.15, 0.2) is 59.0 Å². The Bertz CT molecular complexity index is 681. The maximum absolute atomic E-state index is 4.36. The summed E-state index contributed by atoms with van der Waals surface area (Å²) in [4.78, 5) is 6.59. The number of rotatable bonds is 17. The molecule has 1 heterocycles. The lowest BCUT2D eigenvalue weighted by molar-refractivity contribution is 0.575. The molecule has 31 heavy (non-hydrogen) atoms. The number of azo groups is 1. The fourth-order valence-electron chi connectivity index (χ4n) is 3.79. The van der Waals surface area contributed by atoms with Crippen molar-refractivity contribution in [2.75, 3.05) is 18.0 Å². The highest BCUT2D eigenvalue weighted by Gasteiger charge is 2.07. The predicted octanol–water partition coefficient (Wildman–Crippen LogP) is 9.02. The third-order valence-electron chi connectivity index (χ3n) is 5.72. The topological polar surface area (TPSA) is 40.9 Å². The Labute approximate surface area is 190 Å². The summed E-state index contributed by atoms with van der Waals surface area (Å²) in [7, 11) is 0. The van der Waals surface area contributed by atoms with Gasteiger partial charge in [-0.1, -0.05) is 78.1 Å². The largest absolute Gasteiger partial charge is 0.372 e. The molecule has 0 saturated carbocycles. The van der Waals surface area contributed by atoms with Gasteiger partial charge in [0, 0.05) is 31.2 Å². The van der Waals surface area contributed by atoms with Gasteiger partial charge in [-0.3, -0.25) is 4.98 Å². The van der Waals surface area contributed by atoms with Gasteiger partial charge in [-0.2, -0.15) is 10.2 Å². The molecule has 0 atom stereocenters. The van der Waals surface area contributed by atoms with Crippen LogP contribution in [0.3, 0.4) is 0 Å². The molecule has 170 valence electrons. The second-order valence-corrected chi connectivity index (χ2v) is 8.44. The van der Waals surface area contributed by atoms with Gasteiger partial charge in [0.2, 0.25) is 0 Å². The van der Waals surface area contributed by atoms with E-state index in [0.717, 1.165) is 24.5 Å². The van der Waals surface area contributed by atoms with E-state index in [4.69, 9.17) is 0 Å². The fourth-order valence-corrected chi connectivity index (χ4v) is 3.79. The fraction of sp³-hybridized carbons (Fsp3) is 0.593. The summed E-state index contributed by atoms with van der Waals surface area (Å²) < 4.78 is 0. The summed E-state index contributed by atoms with van der Waals surface area (Å²) in [6.45, 7) is 6.86. The molecule has 0 saturated heterocycles. The molecule has 4 nitrogen and oxygen atoms in total. The molecule has 2 rings (SSSR count). The number of anilines is 1. The van der Waals surface area contributed by atoms with Crippen molar-refractivity contribution in [3.63, 3.8) is 0 Å². The summed E-state index contributed by atoms with van der Waals surface area (Å²) in [5.41, 5.74) is 3.02. The van der Waals surface area contributed by atoms with Gasteiger partial charge >= 0.3 is 0 Å². The van der Waals surface area contributed by atoms with Crippen LogP contribution in [0, 0.1) is 0 Å². The van der Waals surface area contributed by atoms with Gasteiger partial charge in [0.25, 0.3) is 0 Å². The third kappa shape index (κ3) is 11.1. The average molecular weight is 423 g/mol. The minimum Gasteiger partial charge on any atom is -0.372 e. The van der Waals surface area contributed by atoms with Crippen LogP contribution in [-0.4, -0.2) is 18.1 Å². The molecular weight excluding hydrogens is 380 g/mol. The quantitative estimate of drug-likeness (QED) is 0.188.